The van der Waals surface area contributed by atoms with E-state index in [0.29, 0.717) is 0 Å². The van der Waals surface area contributed by atoms with E-state index in [-0.39, 0.29) is 11.7 Å². The topological polar surface area (TPSA) is 41.6 Å². The van der Waals surface area contributed by atoms with Crippen molar-refractivity contribution in [2.24, 2.45) is 0 Å². The predicted octanol–water partition coefficient (Wildman–Crippen LogP) is 0.191. The van der Waals surface area contributed by atoms with Gasteiger partial charge in [-0.1, -0.05) is 0 Å². The molecule has 1 atom stereocenters. The number of likely N-dealkylation sites (tertiary alicyclic amines) is 1. The van der Waals surface area contributed by atoms with E-state index in [1.807, 2.05) is 0 Å². The number of nitrogens with zero attached hydrogens (tertiary/aromatic N) is 1. The monoisotopic (exact) mass is 170 g/mol. The molecule has 2 saturated heterocycles. The quantitative estimate of drug-likeness (QED) is 0.564. The van der Waals surface area contributed by atoms with Crippen molar-refractivity contribution in [1.82, 2.24) is 10.2 Å². The molecule has 2 rings (SSSR count). The van der Waals surface area contributed by atoms with Crippen molar-refractivity contribution in [3.63, 3.8) is 0 Å². The molecule has 1 N–H and O–H groups in total. The van der Waals surface area contributed by atoms with Gasteiger partial charge in [-0.05, 0) is 7.05 Å². The Bertz CT molecular complexity index is 203. The van der Waals surface area contributed by atoms with Crippen LogP contribution in [0.2, 0.25) is 0 Å². The molecule has 0 aromatic carbocycles. The van der Waals surface area contributed by atoms with Gasteiger partial charge in [0.25, 0.3) is 0 Å². The Morgan fingerprint density at radius 2 is 2.42 bits per heavy atom. The van der Waals surface area contributed by atoms with Crippen LogP contribution in [0.25, 0.3) is 0 Å². The van der Waals surface area contributed by atoms with Crippen LogP contribution >= 0.6 is 0 Å². The van der Waals surface area contributed by atoms with E-state index in [9.17, 15) is 4.79 Å². The third-order valence-electron chi connectivity index (χ3n) is 2.67. The number of hydrogen-bond acceptors (Lipinski definition) is 3. The highest BCUT2D eigenvalue weighted by molar-refractivity contribution is 5.68. The van der Waals surface area contributed by atoms with Crippen molar-refractivity contribution in [2.45, 2.75) is 18.4 Å². The summed E-state index contributed by atoms with van der Waals surface area (Å²) in [6.07, 6.45) is 1.68. The van der Waals surface area contributed by atoms with Gasteiger partial charge in [-0.25, -0.2) is 4.79 Å². The van der Waals surface area contributed by atoms with Gasteiger partial charge in [0, 0.05) is 32.5 Å². The number of rotatable bonds is 0. The van der Waals surface area contributed by atoms with E-state index in [4.69, 9.17) is 4.74 Å². The predicted molar refractivity (Wildman–Crippen MR) is 43.9 cm³/mol. The first kappa shape index (κ1) is 7.86. The molecule has 0 bridgehead atoms. The van der Waals surface area contributed by atoms with Crippen LogP contribution in [0, 0.1) is 0 Å². The molecule has 2 heterocycles. The molecule has 0 aliphatic carbocycles. The summed E-state index contributed by atoms with van der Waals surface area (Å²) in [5.41, 5.74) is -0.170. The Kier molecular flexibility index (Phi) is 1.72. The number of alkyl carbamates (subject to hydrolysis) is 1. The number of amides is 1. The fourth-order valence-electron chi connectivity index (χ4n) is 2.01. The standard InChI is InChI=1S/C8H14N2O2/c1-10-5-3-8(6-10)2-4-9-7(11)12-8/h2-6H2,1H3,(H,9,11). The lowest BCUT2D eigenvalue weighted by Crippen LogP contribution is -2.48. The minimum absolute atomic E-state index is 0.170. The van der Waals surface area contributed by atoms with Crippen LogP contribution in [0.5, 0.6) is 0 Å². The molecule has 0 radical (unpaired) electrons. The SMILES string of the molecule is CN1CCC2(CCNC(=O)O2)C1. The number of hydrogen-bond donors (Lipinski definition) is 1. The van der Waals surface area contributed by atoms with Gasteiger partial charge < -0.3 is 15.0 Å². The zero-order valence-electron chi connectivity index (χ0n) is 7.30. The highest BCUT2D eigenvalue weighted by Gasteiger charge is 2.42. The fraction of sp³-hybridized carbons (Fsp3) is 0.875. The van der Waals surface area contributed by atoms with Gasteiger partial charge in [0.2, 0.25) is 0 Å². The van der Waals surface area contributed by atoms with Gasteiger partial charge in [-0.15, -0.1) is 0 Å². The molecule has 2 fully saturated rings. The average Bonchev–Trinajstić information content (AvgIpc) is 2.32. The summed E-state index contributed by atoms with van der Waals surface area (Å²) >= 11 is 0. The third-order valence-corrected chi connectivity index (χ3v) is 2.67. The minimum atomic E-state index is -0.253. The van der Waals surface area contributed by atoms with Crippen molar-refractivity contribution in [3.05, 3.63) is 0 Å². The molecule has 1 unspecified atom stereocenters. The first-order valence-electron chi connectivity index (χ1n) is 4.36. The zero-order chi connectivity index (χ0) is 8.60. The number of ether oxygens (including phenoxy) is 1. The molecular weight excluding hydrogens is 156 g/mol. The fourth-order valence-corrected chi connectivity index (χ4v) is 2.01. The van der Waals surface area contributed by atoms with Crippen molar-refractivity contribution < 1.29 is 9.53 Å². The molecule has 2 aliphatic heterocycles. The Balaban J connectivity index is 2.05. The minimum Gasteiger partial charge on any atom is -0.441 e. The lowest BCUT2D eigenvalue weighted by atomic mass is 9.97. The second kappa shape index (κ2) is 2.62. The van der Waals surface area contributed by atoms with Crippen LogP contribution < -0.4 is 5.32 Å². The molecule has 0 aromatic heterocycles. The smallest absolute Gasteiger partial charge is 0.407 e. The van der Waals surface area contributed by atoms with Gasteiger partial charge >= 0.3 is 6.09 Å². The van der Waals surface area contributed by atoms with E-state index >= 15 is 0 Å². The zero-order valence-corrected chi connectivity index (χ0v) is 7.30. The van der Waals surface area contributed by atoms with Crippen LogP contribution in [0.1, 0.15) is 12.8 Å². The summed E-state index contributed by atoms with van der Waals surface area (Å²) < 4.78 is 5.31. The highest BCUT2D eigenvalue weighted by atomic mass is 16.6. The van der Waals surface area contributed by atoms with E-state index in [1.54, 1.807) is 0 Å². The Morgan fingerprint density at radius 3 is 3.00 bits per heavy atom. The second-order valence-corrected chi connectivity index (χ2v) is 3.74. The van der Waals surface area contributed by atoms with Crippen molar-refractivity contribution in [3.8, 4) is 0 Å². The highest BCUT2D eigenvalue weighted by Crippen LogP contribution is 2.29. The summed E-state index contributed by atoms with van der Waals surface area (Å²) in [6.45, 7) is 2.68. The molecule has 2 aliphatic rings. The van der Waals surface area contributed by atoms with Crippen LogP contribution in [-0.2, 0) is 4.74 Å². The summed E-state index contributed by atoms with van der Waals surface area (Å²) in [5.74, 6) is 0. The van der Waals surface area contributed by atoms with Crippen molar-refractivity contribution in [1.29, 1.82) is 0 Å². The van der Waals surface area contributed by atoms with Gasteiger partial charge in [0.1, 0.15) is 5.60 Å². The summed E-state index contributed by atoms with van der Waals surface area (Å²) in [7, 11) is 2.06. The second-order valence-electron chi connectivity index (χ2n) is 3.74. The average molecular weight is 170 g/mol. The molecule has 0 aromatic rings. The van der Waals surface area contributed by atoms with Crippen molar-refractivity contribution >= 4 is 6.09 Å². The molecule has 12 heavy (non-hydrogen) atoms. The largest absolute Gasteiger partial charge is 0.441 e. The molecule has 68 valence electrons. The summed E-state index contributed by atoms with van der Waals surface area (Å²) in [5, 5.41) is 2.67. The Hall–Kier alpha value is -0.770. The van der Waals surface area contributed by atoms with Crippen LogP contribution in [0.3, 0.4) is 0 Å². The maximum Gasteiger partial charge on any atom is 0.407 e. The number of likely N-dealkylation sites (N-methyl/N-ethyl adjacent to an activating group) is 1. The van der Waals surface area contributed by atoms with E-state index < -0.39 is 0 Å². The number of carbonyl (C=O) groups excluding carboxylic acids is 1. The molecule has 4 heteroatoms. The maximum atomic E-state index is 11.0. The molecule has 4 nitrogen and oxygen atoms in total. The molecular formula is C8H14N2O2. The van der Waals surface area contributed by atoms with Gasteiger partial charge in [-0.2, -0.15) is 0 Å². The lowest BCUT2D eigenvalue weighted by Gasteiger charge is -2.33. The first-order valence-corrected chi connectivity index (χ1v) is 4.36. The van der Waals surface area contributed by atoms with E-state index in [1.165, 1.54) is 0 Å². The van der Waals surface area contributed by atoms with E-state index in [2.05, 4.69) is 17.3 Å². The van der Waals surface area contributed by atoms with Crippen LogP contribution in [0.4, 0.5) is 4.79 Å². The lowest BCUT2D eigenvalue weighted by molar-refractivity contribution is -0.00381. The normalized spacial score (nSPS) is 36.6. The number of nitrogens with one attached hydrogen (secondary N) is 1. The summed E-state index contributed by atoms with van der Waals surface area (Å²) in [6, 6.07) is 0. The molecule has 1 spiro atoms. The van der Waals surface area contributed by atoms with Gasteiger partial charge in [0.15, 0.2) is 0 Å². The Morgan fingerprint density at radius 1 is 1.58 bits per heavy atom. The molecule has 0 saturated carbocycles. The Labute approximate surface area is 71.9 Å². The number of carbonyl (C=O) groups is 1. The van der Waals surface area contributed by atoms with Gasteiger partial charge in [-0.3, -0.25) is 0 Å². The maximum absolute atomic E-state index is 11.0. The summed E-state index contributed by atoms with van der Waals surface area (Å²) in [4.78, 5) is 13.2. The van der Waals surface area contributed by atoms with Gasteiger partial charge in [0.05, 0.1) is 0 Å². The van der Waals surface area contributed by atoms with Crippen molar-refractivity contribution in [2.75, 3.05) is 26.7 Å². The first-order chi connectivity index (χ1) is 5.70. The molecule has 1 amide bonds. The third kappa shape index (κ3) is 1.27. The van der Waals surface area contributed by atoms with Crippen LogP contribution in [0.15, 0.2) is 0 Å². The van der Waals surface area contributed by atoms with E-state index in [0.717, 1.165) is 32.5 Å². The van der Waals surface area contributed by atoms with Crippen LogP contribution in [-0.4, -0.2) is 43.3 Å².